The fourth-order valence-electron chi connectivity index (χ4n) is 3.86. The molecule has 0 aromatic rings. The number of piperazine rings is 1. The van der Waals surface area contributed by atoms with Gasteiger partial charge in [0.25, 0.3) is 0 Å². The summed E-state index contributed by atoms with van der Waals surface area (Å²) in [6, 6.07) is 0.618. The Morgan fingerprint density at radius 1 is 0.964 bits per heavy atom. The summed E-state index contributed by atoms with van der Waals surface area (Å²) in [4.78, 5) is 30.4. The van der Waals surface area contributed by atoms with E-state index in [1.54, 1.807) is 0 Å². The minimum Gasteiger partial charge on any atom is -0.465 e. The van der Waals surface area contributed by atoms with Crippen LogP contribution in [0.4, 0.5) is 4.79 Å². The largest absolute Gasteiger partial charge is 0.465 e. The highest BCUT2D eigenvalue weighted by molar-refractivity contribution is 5.71. The quantitative estimate of drug-likeness (QED) is 0.437. The first-order chi connectivity index (χ1) is 13.6. The highest BCUT2D eigenvalue weighted by Crippen LogP contribution is 2.18. The molecule has 0 radical (unpaired) electrons. The molecular weight excluding hydrogens is 360 g/mol. The minimum absolute atomic E-state index is 0.114. The van der Waals surface area contributed by atoms with Crippen LogP contribution >= 0.6 is 0 Å². The molecule has 2 fully saturated rings. The van der Waals surface area contributed by atoms with Crippen molar-refractivity contribution in [3.05, 3.63) is 0 Å². The fourth-order valence-corrected chi connectivity index (χ4v) is 3.86. The second kappa shape index (κ2) is 13.0. The van der Waals surface area contributed by atoms with Gasteiger partial charge in [0.2, 0.25) is 0 Å². The average molecular weight is 399 g/mol. The maximum Gasteiger partial charge on any atom is 0.407 e. The van der Waals surface area contributed by atoms with Crippen molar-refractivity contribution in [3.63, 3.8) is 0 Å². The maximum atomic E-state index is 11.6. The van der Waals surface area contributed by atoms with Crippen molar-refractivity contribution in [1.29, 1.82) is 0 Å². The van der Waals surface area contributed by atoms with Crippen LogP contribution in [0, 0.1) is 0 Å². The van der Waals surface area contributed by atoms with Crippen molar-refractivity contribution < 1.29 is 19.1 Å². The number of carbonyl (C=O) groups excluding carboxylic acids is 2. The Bertz CT molecular complexity index is 461. The molecule has 0 aromatic heterocycles. The number of alkyl carbamates (subject to hydrolysis) is 1. The van der Waals surface area contributed by atoms with Crippen LogP contribution in [0.2, 0.25) is 0 Å². The topological polar surface area (TPSA) is 74.4 Å². The Labute approximate surface area is 169 Å². The zero-order valence-electron chi connectivity index (χ0n) is 17.7. The summed E-state index contributed by atoms with van der Waals surface area (Å²) in [7, 11) is 0. The van der Waals surface area contributed by atoms with Crippen molar-refractivity contribution in [2.45, 2.75) is 45.6 Å². The van der Waals surface area contributed by atoms with Crippen molar-refractivity contribution in [2.24, 2.45) is 0 Å². The molecule has 0 unspecified atom stereocenters. The molecule has 0 spiro atoms. The number of hydrogen-bond donors (Lipinski definition) is 1. The summed E-state index contributed by atoms with van der Waals surface area (Å²) < 4.78 is 10.1. The Morgan fingerprint density at radius 2 is 1.68 bits per heavy atom. The lowest BCUT2D eigenvalue weighted by atomic mass is 10.0. The first kappa shape index (κ1) is 22.9. The van der Waals surface area contributed by atoms with Gasteiger partial charge in [-0.2, -0.15) is 0 Å². The van der Waals surface area contributed by atoms with Crippen LogP contribution in [0.25, 0.3) is 0 Å². The van der Waals surface area contributed by atoms with E-state index in [1.165, 1.54) is 0 Å². The van der Waals surface area contributed by atoms with E-state index in [1.807, 2.05) is 6.92 Å². The monoisotopic (exact) mass is 398 g/mol. The average Bonchev–Trinajstić information content (AvgIpc) is 2.69. The van der Waals surface area contributed by atoms with Crippen molar-refractivity contribution >= 4 is 12.1 Å². The van der Waals surface area contributed by atoms with Crippen LogP contribution in [0.5, 0.6) is 0 Å². The Kier molecular flexibility index (Phi) is 10.6. The van der Waals surface area contributed by atoms with Gasteiger partial charge in [0.05, 0.1) is 19.8 Å². The van der Waals surface area contributed by atoms with Crippen LogP contribution in [-0.2, 0) is 14.3 Å². The van der Waals surface area contributed by atoms with Gasteiger partial charge >= 0.3 is 12.1 Å². The van der Waals surface area contributed by atoms with Crippen molar-refractivity contribution in [3.8, 4) is 0 Å². The summed E-state index contributed by atoms with van der Waals surface area (Å²) in [5.74, 6) is -0.114. The number of esters is 1. The second-order valence-electron chi connectivity index (χ2n) is 7.61. The summed E-state index contributed by atoms with van der Waals surface area (Å²) in [5, 5.41) is 2.83. The highest BCUT2D eigenvalue weighted by atomic mass is 16.5. The molecule has 2 aliphatic rings. The molecule has 28 heavy (non-hydrogen) atoms. The number of hydrogen-bond acceptors (Lipinski definition) is 7. The van der Waals surface area contributed by atoms with Gasteiger partial charge in [-0.25, -0.2) is 4.79 Å². The molecule has 2 aliphatic heterocycles. The normalized spacial score (nSPS) is 20.1. The molecule has 0 saturated carbocycles. The van der Waals surface area contributed by atoms with Crippen LogP contribution in [-0.4, -0.2) is 105 Å². The summed E-state index contributed by atoms with van der Waals surface area (Å²) >= 11 is 0. The smallest absolute Gasteiger partial charge is 0.407 e. The highest BCUT2D eigenvalue weighted by Gasteiger charge is 2.28. The lowest BCUT2D eigenvalue weighted by molar-refractivity contribution is -0.144. The van der Waals surface area contributed by atoms with Gasteiger partial charge in [0, 0.05) is 58.4 Å². The third-order valence-electron chi connectivity index (χ3n) is 5.57. The lowest BCUT2D eigenvalue weighted by Gasteiger charge is -2.42. The fraction of sp³-hybridized carbons (Fsp3) is 0.900. The Hall–Kier alpha value is -1.38. The van der Waals surface area contributed by atoms with Gasteiger partial charge in [-0.05, 0) is 26.2 Å². The number of unbranched alkanes of at least 4 members (excludes halogenated alkanes) is 1. The standard InChI is InChI=1S/C20H38N4O4/c1-3-5-16-28-20(26)21-8-11-22-12-14-24(15-13-22)18-6-9-23(10-7-18)17-19(25)27-4-2/h18H,3-17H2,1-2H3,(H,21,26). The van der Waals surface area contributed by atoms with E-state index in [0.29, 0.717) is 32.3 Å². The first-order valence-electron chi connectivity index (χ1n) is 10.9. The van der Waals surface area contributed by atoms with Gasteiger partial charge in [0.1, 0.15) is 0 Å². The Morgan fingerprint density at radius 3 is 2.32 bits per heavy atom. The van der Waals surface area contributed by atoms with Gasteiger partial charge in [-0.15, -0.1) is 0 Å². The number of rotatable bonds is 10. The lowest BCUT2D eigenvalue weighted by Crippen LogP contribution is -2.54. The molecule has 2 rings (SSSR count). The number of nitrogens with zero attached hydrogens (tertiary/aromatic N) is 3. The molecule has 0 bridgehead atoms. The van der Waals surface area contributed by atoms with E-state index in [0.717, 1.165) is 71.5 Å². The second-order valence-corrected chi connectivity index (χ2v) is 7.61. The van der Waals surface area contributed by atoms with E-state index in [9.17, 15) is 9.59 Å². The Balaban J connectivity index is 1.55. The van der Waals surface area contributed by atoms with E-state index in [-0.39, 0.29) is 12.1 Å². The van der Waals surface area contributed by atoms with Gasteiger partial charge < -0.3 is 14.8 Å². The molecule has 1 N–H and O–H groups in total. The van der Waals surface area contributed by atoms with Crippen LogP contribution in [0.1, 0.15) is 39.5 Å². The number of amides is 1. The van der Waals surface area contributed by atoms with Gasteiger partial charge in [0.15, 0.2) is 0 Å². The van der Waals surface area contributed by atoms with Crippen LogP contribution in [0.15, 0.2) is 0 Å². The molecular formula is C20H38N4O4. The van der Waals surface area contributed by atoms with Gasteiger partial charge in [-0.1, -0.05) is 13.3 Å². The maximum absolute atomic E-state index is 11.6. The van der Waals surface area contributed by atoms with E-state index in [4.69, 9.17) is 9.47 Å². The predicted octanol–water partition coefficient (Wildman–Crippen LogP) is 1.16. The summed E-state index contributed by atoms with van der Waals surface area (Å²) in [5.41, 5.74) is 0. The number of nitrogens with one attached hydrogen (secondary N) is 1. The third kappa shape index (κ3) is 8.32. The number of ether oxygens (including phenoxy) is 2. The van der Waals surface area contributed by atoms with E-state index < -0.39 is 0 Å². The summed E-state index contributed by atoms with van der Waals surface area (Å²) in [6.45, 7) is 13.0. The molecule has 2 heterocycles. The van der Waals surface area contributed by atoms with Crippen LogP contribution in [0.3, 0.4) is 0 Å². The number of likely N-dealkylation sites (tertiary alicyclic amines) is 1. The van der Waals surface area contributed by atoms with Crippen LogP contribution < -0.4 is 5.32 Å². The molecule has 1 amide bonds. The SMILES string of the molecule is CCCCOC(=O)NCCN1CCN(C2CCN(CC(=O)OCC)CC2)CC1. The minimum atomic E-state index is -0.304. The van der Waals surface area contributed by atoms with Crippen molar-refractivity contribution in [1.82, 2.24) is 20.0 Å². The predicted molar refractivity (Wildman–Crippen MR) is 108 cm³/mol. The molecule has 8 nitrogen and oxygen atoms in total. The zero-order chi connectivity index (χ0) is 20.2. The van der Waals surface area contributed by atoms with Crippen molar-refractivity contribution in [2.75, 3.05) is 72.1 Å². The molecule has 2 saturated heterocycles. The summed E-state index contributed by atoms with van der Waals surface area (Å²) in [6.07, 6.45) is 3.87. The third-order valence-corrected chi connectivity index (χ3v) is 5.57. The van der Waals surface area contributed by atoms with Gasteiger partial charge in [-0.3, -0.25) is 19.5 Å². The molecule has 0 aromatic carbocycles. The molecule has 0 atom stereocenters. The first-order valence-corrected chi connectivity index (χ1v) is 10.9. The molecule has 8 heteroatoms. The number of piperidine rings is 1. The van der Waals surface area contributed by atoms with E-state index in [2.05, 4.69) is 26.9 Å². The van der Waals surface area contributed by atoms with E-state index >= 15 is 0 Å². The molecule has 0 aliphatic carbocycles. The number of carbonyl (C=O) groups is 2. The molecule has 162 valence electrons. The zero-order valence-corrected chi connectivity index (χ0v) is 17.7.